The average Bonchev–Trinajstić information content (AvgIpc) is 2.46. The lowest BCUT2D eigenvalue weighted by Crippen LogP contribution is -2.52. The standard InChI is InChI=1S/C19H26N2O/c1-4-6-9-20-19-12-13(3)10-14(15(19)5-2)11-17-16(19)7-8-18(22)21-17/h5,7-8,10,14,20H,4,6,9,11-12H2,1-3H3,(H,21,22)/b15-5+/t14?,19-/m0/s1. The third kappa shape index (κ3) is 2.38. The Kier molecular flexibility index (Phi) is 4.09. The molecule has 2 aliphatic carbocycles. The van der Waals surface area contributed by atoms with Gasteiger partial charge < -0.3 is 10.3 Å². The summed E-state index contributed by atoms with van der Waals surface area (Å²) in [5.74, 6) is 0.401. The second kappa shape index (κ2) is 5.88. The van der Waals surface area contributed by atoms with Crippen molar-refractivity contribution in [3.05, 3.63) is 57.0 Å². The molecule has 2 bridgehead atoms. The number of allylic oxidation sites excluding steroid dienone is 2. The van der Waals surface area contributed by atoms with E-state index in [0.29, 0.717) is 5.92 Å². The summed E-state index contributed by atoms with van der Waals surface area (Å²) >= 11 is 0. The maximum atomic E-state index is 11.7. The maximum Gasteiger partial charge on any atom is 0.248 e. The van der Waals surface area contributed by atoms with Crippen LogP contribution in [0.2, 0.25) is 0 Å². The molecule has 0 aliphatic heterocycles. The van der Waals surface area contributed by atoms with E-state index in [2.05, 4.69) is 43.2 Å². The van der Waals surface area contributed by atoms with E-state index in [1.54, 1.807) is 6.07 Å². The summed E-state index contributed by atoms with van der Waals surface area (Å²) in [7, 11) is 0. The molecule has 3 heteroatoms. The molecule has 3 rings (SSSR count). The van der Waals surface area contributed by atoms with Crippen LogP contribution in [0.3, 0.4) is 0 Å². The van der Waals surface area contributed by atoms with E-state index in [0.717, 1.165) is 25.1 Å². The normalized spacial score (nSPS) is 28.4. The monoisotopic (exact) mass is 298 g/mol. The van der Waals surface area contributed by atoms with E-state index in [-0.39, 0.29) is 11.1 Å². The Hall–Kier alpha value is -1.61. The number of fused-ring (bicyclic) bond motifs is 4. The van der Waals surface area contributed by atoms with Gasteiger partial charge >= 0.3 is 0 Å². The Morgan fingerprint density at radius 1 is 1.45 bits per heavy atom. The number of aromatic amines is 1. The summed E-state index contributed by atoms with van der Waals surface area (Å²) < 4.78 is 0. The second-order valence-corrected chi connectivity index (χ2v) is 6.64. The summed E-state index contributed by atoms with van der Waals surface area (Å²) in [5.41, 5.74) is 5.15. The molecule has 0 spiro atoms. The van der Waals surface area contributed by atoms with Crippen molar-refractivity contribution in [2.75, 3.05) is 6.54 Å². The van der Waals surface area contributed by atoms with Gasteiger partial charge in [0.15, 0.2) is 0 Å². The van der Waals surface area contributed by atoms with Crippen LogP contribution in [0.15, 0.2) is 40.2 Å². The molecule has 3 nitrogen and oxygen atoms in total. The highest BCUT2D eigenvalue weighted by atomic mass is 16.1. The van der Waals surface area contributed by atoms with Crippen molar-refractivity contribution in [1.29, 1.82) is 0 Å². The predicted octanol–water partition coefficient (Wildman–Crippen LogP) is 3.43. The molecule has 22 heavy (non-hydrogen) atoms. The molecule has 0 aromatic carbocycles. The number of unbranched alkanes of at least 4 members (excludes halogenated alkanes) is 1. The Morgan fingerprint density at radius 2 is 2.27 bits per heavy atom. The van der Waals surface area contributed by atoms with Crippen molar-refractivity contribution in [3.63, 3.8) is 0 Å². The van der Waals surface area contributed by atoms with Crippen LogP contribution in [0.4, 0.5) is 0 Å². The molecule has 0 radical (unpaired) electrons. The van der Waals surface area contributed by atoms with Crippen molar-refractivity contribution in [3.8, 4) is 0 Å². The van der Waals surface area contributed by atoms with Crippen LogP contribution in [0.5, 0.6) is 0 Å². The highest BCUT2D eigenvalue weighted by Gasteiger charge is 2.46. The Balaban J connectivity index is 2.14. The maximum absolute atomic E-state index is 11.7. The van der Waals surface area contributed by atoms with E-state index >= 15 is 0 Å². The van der Waals surface area contributed by atoms with Crippen LogP contribution in [-0.4, -0.2) is 11.5 Å². The van der Waals surface area contributed by atoms with Gasteiger partial charge in [-0.25, -0.2) is 0 Å². The summed E-state index contributed by atoms with van der Waals surface area (Å²) in [6.45, 7) is 7.60. The number of aromatic nitrogens is 1. The Bertz CT molecular complexity index is 683. The molecular weight excluding hydrogens is 272 g/mol. The van der Waals surface area contributed by atoms with Gasteiger partial charge in [0.05, 0.1) is 5.54 Å². The number of rotatable bonds is 4. The van der Waals surface area contributed by atoms with Crippen LogP contribution in [-0.2, 0) is 12.0 Å². The first-order valence-corrected chi connectivity index (χ1v) is 8.42. The zero-order chi connectivity index (χ0) is 15.7. The topological polar surface area (TPSA) is 44.9 Å². The fourth-order valence-corrected chi connectivity index (χ4v) is 4.25. The minimum Gasteiger partial charge on any atom is -0.326 e. The van der Waals surface area contributed by atoms with E-state index < -0.39 is 0 Å². The molecule has 0 amide bonds. The van der Waals surface area contributed by atoms with Crippen molar-refractivity contribution in [2.45, 2.75) is 52.0 Å². The SMILES string of the molecule is C/C=C1\C2C=C(C)C[C@@]1(NCCCC)c1ccc(=O)[nH]c1C2. The second-order valence-electron chi connectivity index (χ2n) is 6.64. The van der Waals surface area contributed by atoms with E-state index in [1.807, 2.05) is 6.07 Å². The van der Waals surface area contributed by atoms with Crippen LogP contribution >= 0.6 is 0 Å². The molecular formula is C19H26N2O. The van der Waals surface area contributed by atoms with Gasteiger partial charge in [-0.15, -0.1) is 0 Å². The third-order valence-corrected chi connectivity index (χ3v) is 5.07. The van der Waals surface area contributed by atoms with E-state index in [4.69, 9.17) is 0 Å². The molecule has 1 aromatic rings. The molecule has 118 valence electrons. The van der Waals surface area contributed by atoms with Gasteiger partial charge in [-0.1, -0.05) is 31.1 Å². The lowest BCUT2D eigenvalue weighted by Gasteiger charge is -2.48. The molecule has 0 saturated heterocycles. The lowest BCUT2D eigenvalue weighted by atomic mass is 9.63. The molecule has 2 atom stereocenters. The number of hydrogen-bond acceptors (Lipinski definition) is 2. The first-order chi connectivity index (χ1) is 10.6. The number of hydrogen-bond donors (Lipinski definition) is 2. The van der Waals surface area contributed by atoms with Crippen LogP contribution < -0.4 is 10.9 Å². The van der Waals surface area contributed by atoms with Gasteiger partial charge in [0.25, 0.3) is 0 Å². The van der Waals surface area contributed by atoms with Gasteiger partial charge in [0.1, 0.15) is 0 Å². The van der Waals surface area contributed by atoms with Crippen molar-refractivity contribution in [1.82, 2.24) is 10.3 Å². The third-order valence-electron chi connectivity index (χ3n) is 5.07. The summed E-state index contributed by atoms with van der Waals surface area (Å²) in [4.78, 5) is 14.8. The predicted molar refractivity (Wildman–Crippen MR) is 91.0 cm³/mol. The van der Waals surface area contributed by atoms with E-state index in [1.165, 1.54) is 29.6 Å². The Labute approximate surface area is 132 Å². The molecule has 0 fully saturated rings. The zero-order valence-electron chi connectivity index (χ0n) is 13.8. The fraction of sp³-hybridized carbons (Fsp3) is 0.526. The minimum absolute atomic E-state index is 0.00478. The number of pyridine rings is 1. The molecule has 1 aromatic heterocycles. The van der Waals surface area contributed by atoms with Crippen molar-refractivity contribution >= 4 is 0 Å². The van der Waals surface area contributed by atoms with Crippen LogP contribution in [0.25, 0.3) is 0 Å². The van der Waals surface area contributed by atoms with Gasteiger partial charge in [-0.3, -0.25) is 4.79 Å². The summed E-state index contributed by atoms with van der Waals surface area (Å²) in [5, 5.41) is 3.84. The number of H-pyrrole nitrogens is 1. The smallest absolute Gasteiger partial charge is 0.248 e. The first kappa shape index (κ1) is 15.3. The van der Waals surface area contributed by atoms with Crippen molar-refractivity contribution in [2.24, 2.45) is 5.92 Å². The molecule has 2 aliphatic rings. The minimum atomic E-state index is -0.134. The van der Waals surface area contributed by atoms with Crippen molar-refractivity contribution < 1.29 is 0 Å². The van der Waals surface area contributed by atoms with Crippen LogP contribution in [0, 0.1) is 5.92 Å². The van der Waals surface area contributed by atoms with Gasteiger partial charge in [0, 0.05) is 17.7 Å². The fourth-order valence-electron chi connectivity index (χ4n) is 4.25. The number of nitrogens with one attached hydrogen (secondary N) is 2. The lowest BCUT2D eigenvalue weighted by molar-refractivity contribution is 0.321. The average molecular weight is 298 g/mol. The Morgan fingerprint density at radius 3 is 3.00 bits per heavy atom. The van der Waals surface area contributed by atoms with Gasteiger partial charge in [-0.05, 0) is 56.9 Å². The highest BCUT2D eigenvalue weighted by Crippen LogP contribution is 2.49. The van der Waals surface area contributed by atoms with Crippen LogP contribution in [0.1, 0.15) is 51.3 Å². The first-order valence-electron chi connectivity index (χ1n) is 8.42. The van der Waals surface area contributed by atoms with E-state index in [9.17, 15) is 4.79 Å². The summed E-state index contributed by atoms with van der Waals surface area (Å²) in [6, 6.07) is 3.70. The quantitative estimate of drug-likeness (QED) is 0.661. The molecule has 1 heterocycles. The van der Waals surface area contributed by atoms with Gasteiger partial charge in [-0.2, -0.15) is 0 Å². The molecule has 1 unspecified atom stereocenters. The molecule has 2 N–H and O–H groups in total. The molecule has 0 saturated carbocycles. The highest BCUT2D eigenvalue weighted by molar-refractivity contribution is 5.49. The zero-order valence-corrected chi connectivity index (χ0v) is 13.8. The largest absolute Gasteiger partial charge is 0.326 e. The van der Waals surface area contributed by atoms with Gasteiger partial charge in [0.2, 0.25) is 5.56 Å². The summed E-state index contributed by atoms with van der Waals surface area (Å²) in [6.07, 6.45) is 8.91.